The van der Waals surface area contributed by atoms with Crippen molar-refractivity contribution < 1.29 is 31.5 Å². The zero-order valence-corrected chi connectivity index (χ0v) is 16.9. The summed E-state index contributed by atoms with van der Waals surface area (Å²) >= 11 is 0. The van der Waals surface area contributed by atoms with Gasteiger partial charge in [-0.15, -0.1) is 0 Å². The Morgan fingerprint density at radius 2 is 1.74 bits per heavy atom. The Morgan fingerprint density at radius 3 is 2.32 bits per heavy atom. The summed E-state index contributed by atoms with van der Waals surface area (Å²) in [6.07, 6.45) is -5.01. The highest BCUT2D eigenvalue weighted by molar-refractivity contribution is 5.84. The van der Waals surface area contributed by atoms with Crippen LogP contribution in [0.15, 0.2) is 54.6 Å². The summed E-state index contributed by atoms with van der Waals surface area (Å²) in [5.74, 6) is -1.06. The first-order valence-electron chi connectivity index (χ1n) is 9.73. The summed E-state index contributed by atoms with van der Waals surface area (Å²) in [6, 6.07) is 14.6. The first-order valence-corrected chi connectivity index (χ1v) is 9.73. The highest BCUT2D eigenvalue weighted by atomic mass is 19.4. The molecule has 168 valence electrons. The standard InChI is InChI=1S/C22H23F5N2O2/c1-28(13-17-7-9-18(10-8-17)31-20(23)24)19(30)21(22(25,26)27)11-12-29(15-21)14-16-5-3-2-4-6-16/h2-10,20H,11-15H2,1H3. The number of carbonyl (C=O) groups is 1. The maximum atomic E-state index is 14.1. The predicted molar refractivity (Wildman–Crippen MR) is 104 cm³/mol. The number of hydrogen-bond acceptors (Lipinski definition) is 3. The van der Waals surface area contributed by atoms with E-state index in [9.17, 15) is 26.7 Å². The molecule has 1 saturated heterocycles. The van der Waals surface area contributed by atoms with Crippen LogP contribution in [0, 0.1) is 5.41 Å². The number of alkyl halides is 5. The number of rotatable bonds is 7. The van der Waals surface area contributed by atoms with Crippen LogP contribution < -0.4 is 4.74 Å². The number of carbonyl (C=O) groups excluding carboxylic acids is 1. The normalized spacial score (nSPS) is 19.6. The smallest absolute Gasteiger partial charge is 0.404 e. The SMILES string of the molecule is CN(Cc1ccc(OC(F)F)cc1)C(=O)C1(C(F)(F)F)CCN(Cc2ccccc2)C1. The second-order valence-electron chi connectivity index (χ2n) is 7.71. The molecule has 1 aliphatic rings. The molecule has 9 heteroatoms. The number of amides is 1. The van der Waals surface area contributed by atoms with Gasteiger partial charge in [0.25, 0.3) is 0 Å². The lowest BCUT2D eigenvalue weighted by Gasteiger charge is -2.34. The molecule has 1 atom stereocenters. The van der Waals surface area contributed by atoms with E-state index in [-0.39, 0.29) is 25.3 Å². The minimum atomic E-state index is -4.70. The van der Waals surface area contributed by atoms with Crippen LogP contribution in [0.4, 0.5) is 22.0 Å². The quantitative estimate of drug-likeness (QED) is 0.583. The lowest BCUT2D eigenvalue weighted by molar-refractivity contribution is -0.223. The maximum Gasteiger partial charge on any atom is 0.404 e. The third-order valence-electron chi connectivity index (χ3n) is 5.46. The average molecular weight is 442 g/mol. The fourth-order valence-electron chi connectivity index (χ4n) is 3.88. The van der Waals surface area contributed by atoms with Gasteiger partial charge in [0.15, 0.2) is 5.41 Å². The molecule has 1 heterocycles. The molecule has 3 rings (SSSR count). The van der Waals surface area contributed by atoms with Crippen molar-refractivity contribution in [1.82, 2.24) is 9.80 Å². The van der Waals surface area contributed by atoms with Gasteiger partial charge in [-0.1, -0.05) is 42.5 Å². The van der Waals surface area contributed by atoms with Crippen LogP contribution in [0.5, 0.6) is 5.75 Å². The van der Waals surface area contributed by atoms with Crippen LogP contribution in [-0.2, 0) is 17.9 Å². The largest absolute Gasteiger partial charge is 0.435 e. The van der Waals surface area contributed by atoms with Crippen LogP contribution in [0.25, 0.3) is 0 Å². The first-order chi connectivity index (χ1) is 14.6. The molecule has 1 fully saturated rings. The van der Waals surface area contributed by atoms with Crippen molar-refractivity contribution >= 4 is 5.91 Å². The van der Waals surface area contributed by atoms with Gasteiger partial charge in [-0.2, -0.15) is 22.0 Å². The summed E-state index contributed by atoms with van der Waals surface area (Å²) in [7, 11) is 1.32. The van der Waals surface area contributed by atoms with E-state index < -0.39 is 30.7 Å². The minimum absolute atomic E-state index is 0.0631. The molecule has 2 aromatic carbocycles. The van der Waals surface area contributed by atoms with Gasteiger partial charge in [-0.05, 0) is 36.2 Å². The van der Waals surface area contributed by atoms with E-state index in [1.165, 1.54) is 31.3 Å². The molecule has 0 saturated carbocycles. The fourth-order valence-corrected chi connectivity index (χ4v) is 3.88. The number of halogens is 5. The Hall–Kier alpha value is -2.68. The van der Waals surface area contributed by atoms with Gasteiger partial charge in [0.05, 0.1) is 0 Å². The molecule has 0 N–H and O–H groups in total. The van der Waals surface area contributed by atoms with E-state index in [0.29, 0.717) is 12.1 Å². The molecule has 0 bridgehead atoms. The van der Waals surface area contributed by atoms with Crippen LogP contribution in [-0.4, -0.2) is 48.6 Å². The van der Waals surface area contributed by atoms with E-state index in [1.54, 1.807) is 4.90 Å². The zero-order valence-electron chi connectivity index (χ0n) is 16.9. The third-order valence-corrected chi connectivity index (χ3v) is 5.46. The van der Waals surface area contributed by atoms with Crippen molar-refractivity contribution in [3.8, 4) is 5.75 Å². The van der Waals surface area contributed by atoms with Gasteiger partial charge in [0.1, 0.15) is 5.75 Å². The summed E-state index contributed by atoms with van der Waals surface area (Å²) in [4.78, 5) is 15.7. The van der Waals surface area contributed by atoms with E-state index in [4.69, 9.17) is 0 Å². The lowest BCUT2D eigenvalue weighted by atomic mass is 9.84. The number of likely N-dealkylation sites (tertiary alicyclic amines) is 1. The number of benzene rings is 2. The first kappa shape index (κ1) is 23.0. The Kier molecular flexibility index (Phi) is 6.83. The summed E-state index contributed by atoms with van der Waals surface area (Å²) in [5.41, 5.74) is -1.09. The minimum Gasteiger partial charge on any atom is -0.435 e. The Bertz CT molecular complexity index is 874. The number of nitrogens with zero attached hydrogens (tertiary/aromatic N) is 2. The van der Waals surface area contributed by atoms with Crippen LogP contribution in [0.3, 0.4) is 0 Å². The van der Waals surface area contributed by atoms with Crippen molar-refractivity contribution in [3.63, 3.8) is 0 Å². The second-order valence-corrected chi connectivity index (χ2v) is 7.71. The lowest BCUT2D eigenvalue weighted by Crippen LogP contribution is -2.52. The van der Waals surface area contributed by atoms with Crippen LogP contribution in [0.2, 0.25) is 0 Å². The van der Waals surface area contributed by atoms with E-state index in [2.05, 4.69) is 4.74 Å². The van der Waals surface area contributed by atoms with Gasteiger partial charge in [-0.25, -0.2) is 0 Å². The summed E-state index contributed by atoms with van der Waals surface area (Å²) in [6.45, 7) is -2.96. The Morgan fingerprint density at radius 1 is 1.10 bits per heavy atom. The second kappa shape index (κ2) is 9.21. The highest BCUT2D eigenvalue weighted by Gasteiger charge is 2.63. The molecular weight excluding hydrogens is 419 g/mol. The fraction of sp³-hybridized carbons (Fsp3) is 0.409. The number of ether oxygens (including phenoxy) is 1. The third kappa shape index (κ3) is 5.33. The molecule has 0 radical (unpaired) electrons. The topological polar surface area (TPSA) is 32.8 Å². The number of hydrogen-bond donors (Lipinski definition) is 0. The van der Waals surface area contributed by atoms with E-state index >= 15 is 0 Å². The van der Waals surface area contributed by atoms with Gasteiger partial charge < -0.3 is 9.64 Å². The van der Waals surface area contributed by atoms with E-state index in [1.807, 2.05) is 30.3 Å². The van der Waals surface area contributed by atoms with Crippen molar-refractivity contribution in [2.24, 2.45) is 5.41 Å². The molecule has 1 unspecified atom stereocenters. The van der Waals surface area contributed by atoms with Crippen LogP contribution in [0.1, 0.15) is 17.5 Å². The molecule has 31 heavy (non-hydrogen) atoms. The zero-order chi connectivity index (χ0) is 22.6. The molecule has 0 aromatic heterocycles. The summed E-state index contributed by atoms with van der Waals surface area (Å²) in [5, 5.41) is 0. The highest BCUT2D eigenvalue weighted by Crippen LogP contribution is 2.47. The van der Waals surface area contributed by atoms with Crippen molar-refractivity contribution in [2.45, 2.75) is 32.3 Å². The van der Waals surface area contributed by atoms with Crippen molar-refractivity contribution in [1.29, 1.82) is 0 Å². The molecule has 0 aliphatic carbocycles. The molecule has 4 nitrogen and oxygen atoms in total. The Labute approximate surface area is 177 Å². The Balaban J connectivity index is 1.71. The van der Waals surface area contributed by atoms with Crippen LogP contribution >= 0.6 is 0 Å². The average Bonchev–Trinajstić information content (AvgIpc) is 3.14. The van der Waals surface area contributed by atoms with Gasteiger partial charge >= 0.3 is 12.8 Å². The molecule has 2 aromatic rings. The van der Waals surface area contributed by atoms with Gasteiger partial charge in [0, 0.05) is 26.7 Å². The van der Waals surface area contributed by atoms with E-state index in [0.717, 1.165) is 10.5 Å². The molecule has 0 spiro atoms. The summed E-state index contributed by atoms with van der Waals surface area (Å²) < 4.78 is 71.0. The van der Waals surface area contributed by atoms with Gasteiger partial charge in [-0.3, -0.25) is 9.69 Å². The maximum absolute atomic E-state index is 14.1. The van der Waals surface area contributed by atoms with Crippen molar-refractivity contribution in [3.05, 3.63) is 65.7 Å². The monoisotopic (exact) mass is 442 g/mol. The molecule has 1 aliphatic heterocycles. The predicted octanol–water partition coefficient (Wildman–Crippen LogP) is 4.70. The molecular formula is C22H23F5N2O2. The van der Waals surface area contributed by atoms with Crippen molar-refractivity contribution in [2.75, 3.05) is 20.1 Å². The van der Waals surface area contributed by atoms with Gasteiger partial charge in [0.2, 0.25) is 5.91 Å². The molecule has 1 amide bonds.